The number of hydrogen-bond acceptors (Lipinski definition) is 6. The van der Waals surface area contributed by atoms with Gasteiger partial charge in [-0.2, -0.15) is 0 Å². The molecule has 0 spiro atoms. The van der Waals surface area contributed by atoms with Gasteiger partial charge in [0.2, 0.25) is 0 Å². The van der Waals surface area contributed by atoms with Crippen molar-refractivity contribution in [1.82, 2.24) is 0 Å². The molecule has 0 aromatic heterocycles. The molecule has 4 atom stereocenters. The first-order valence-corrected chi connectivity index (χ1v) is 10.3. The van der Waals surface area contributed by atoms with Crippen LogP contribution in [0.15, 0.2) is 18.2 Å². The monoisotopic (exact) mass is 386 g/mol. The van der Waals surface area contributed by atoms with E-state index in [9.17, 15) is 14.6 Å². The smallest absolute Gasteiger partial charge is 0.526 e. The Balaban J connectivity index is 1.59. The third kappa shape index (κ3) is 4.65. The van der Waals surface area contributed by atoms with Crippen molar-refractivity contribution in [3.05, 3.63) is 29.3 Å². The maximum atomic E-state index is 12.7. The molecule has 2 aliphatic rings. The van der Waals surface area contributed by atoms with Gasteiger partial charge in [0.05, 0.1) is 5.56 Å². The molecule has 1 aliphatic carbocycles. The van der Waals surface area contributed by atoms with Gasteiger partial charge in [-0.25, -0.2) is 0 Å². The summed E-state index contributed by atoms with van der Waals surface area (Å²) in [6, 6.07) is 5.41. The zero-order valence-electron chi connectivity index (χ0n) is 16.6. The molecule has 152 valence electrons. The van der Waals surface area contributed by atoms with Gasteiger partial charge in [-0.1, -0.05) is 12.1 Å². The summed E-state index contributed by atoms with van der Waals surface area (Å²) in [5.74, 6) is 1.45. The molecule has 0 amide bonds. The first-order valence-electron chi connectivity index (χ1n) is 10.3. The Kier molecular flexibility index (Phi) is 6.91. The van der Waals surface area contributed by atoms with Crippen LogP contribution in [-0.2, 0) is 11.2 Å². The van der Waals surface area contributed by atoms with Gasteiger partial charge in [-0.15, -0.1) is 0 Å². The van der Waals surface area contributed by atoms with E-state index in [1.165, 1.54) is 6.92 Å². The van der Waals surface area contributed by atoms with Crippen molar-refractivity contribution in [3.8, 4) is 5.75 Å². The predicted molar refractivity (Wildman–Crippen MR) is 109 cm³/mol. The molecular weight excluding hydrogens is 355 g/mol. The average Bonchev–Trinajstić information content (AvgIpc) is 2.67. The fraction of sp³-hybridized carbons (Fsp3) is 0.619. The van der Waals surface area contributed by atoms with Gasteiger partial charge < -0.3 is 21.1 Å². The van der Waals surface area contributed by atoms with E-state index >= 15 is 0 Å². The Labute approximate surface area is 167 Å². The molecule has 28 heavy (non-hydrogen) atoms. The molecule has 0 saturated heterocycles. The van der Waals surface area contributed by atoms with Gasteiger partial charge in [0.25, 0.3) is 0 Å². The minimum atomic E-state index is -1.07. The summed E-state index contributed by atoms with van der Waals surface area (Å²) in [7, 11) is -1.07. The second-order valence-electron chi connectivity index (χ2n) is 8.44. The minimum absolute atomic E-state index is 0.0962. The standard InChI is InChI=1S/C21H31BN2O4/c1-13(25)20-4-2-3-15-9-18(22(27)28-21(15)20)10-19(26)8-14-5-6-16(11-23)17(7-14)12-24/h2-4,14,16-18,27H,5-12,23-24H2,1H3/t14-,16+,17+,18+/m0/s1. The topological polar surface area (TPSA) is 116 Å². The van der Waals surface area contributed by atoms with E-state index in [2.05, 4.69) is 0 Å². The molecule has 0 unspecified atom stereocenters. The summed E-state index contributed by atoms with van der Waals surface area (Å²) in [5.41, 5.74) is 13.1. The number of nitrogens with two attached hydrogens (primary N) is 2. The zero-order valence-corrected chi connectivity index (χ0v) is 16.6. The Morgan fingerprint density at radius 3 is 2.61 bits per heavy atom. The van der Waals surface area contributed by atoms with Crippen LogP contribution in [0.25, 0.3) is 0 Å². The van der Waals surface area contributed by atoms with Crippen LogP contribution >= 0.6 is 0 Å². The van der Waals surface area contributed by atoms with Crippen LogP contribution in [0.2, 0.25) is 5.82 Å². The van der Waals surface area contributed by atoms with Gasteiger partial charge in [-0.05, 0) is 75.1 Å². The number of rotatable bonds is 7. The van der Waals surface area contributed by atoms with Gasteiger partial charge in [0.1, 0.15) is 11.5 Å². The highest BCUT2D eigenvalue weighted by Gasteiger charge is 2.38. The number of carbonyl (C=O) groups excluding carboxylic acids is 2. The molecule has 5 N–H and O–H groups in total. The Morgan fingerprint density at radius 1 is 1.18 bits per heavy atom. The van der Waals surface area contributed by atoms with Crippen molar-refractivity contribution in [2.75, 3.05) is 13.1 Å². The lowest BCUT2D eigenvalue weighted by Gasteiger charge is -2.35. The minimum Gasteiger partial charge on any atom is -0.535 e. The van der Waals surface area contributed by atoms with Crippen LogP contribution in [0.5, 0.6) is 5.75 Å². The SMILES string of the molecule is CC(=O)c1cccc2c1OB(O)[C@@H](CC(=O)C[C@H]1CC[C@H](CN)[C@@H](CN)C1)C2. The van der Waals surface area contributed by atoms with Crippen LogP contribution in [0, 0.1) is 17.8 Å². The third-order valence-corrected chi connectivity index (χ3v) is 6.46. The Bertz CT molecular complexity index is 726. The highest BCUT2D eigenvalue weighted by atomic mass is 16.5. The normalized spacial score (nSPS) is 27.1. The summed E-state index contributed by atoms with van der Waals surface area (Å²) in [6.07, 6.45) is 4.35. The van der Waals surface area contributed by atoms with E-state index in [-0.39, 0.29) is 23.8 Å². The molecular formula is C21H31BN2O4. The highest BCUT2D eigenvalue weighted by molar-refractivity contribution is 6.47. The van der Waals surface area contributed by atoms with E-state index in [1.807, 2.05) is 12.1 Å². The van der Waals surface area contributed by atoms with Crippen LogP contribution < -0.4 is 16.1 Å². The highest BCUT2D eigenvalue weighted by Crippen LogP contribution is 2.38. The summed E-state index contributed by atoms with van der Waals surface area (Å²) >= 11 is 0. The van der Waals surface area contributed by atoms with Crippen LogP contribution in [0.3, 0.4) is 0 Å². The molecule has 7 heteroatoms. The molecule has 1 aromatic rings. The van der Waals surface area contributed by atoms with Crippen molar-refractivity contribution in [3.63, 3.8) is 0 Å². The van der Waals surface area contributed by atoms with E-state index in [0.29, 0.717) is 55.0 Å². The van der Waals surface area contributed by atoms with Crippen molar-refractivity contribution in [2.45, 2.75) is 51.3 Å². The second-order valence-corrected chi connectivity index (χ2v) is 8.44. The lowest BCUT2D eigenvalue weighted by molar-refractivity contribution is -0.120. The van der Waals surface area contributed by atoms with E-state index in [1.54, 1.807) is 6.07 Å². The molecule has 1 fully saturated rings. The first kappa shape index (κ1) is 21.0. The molecule has 0 bridgehead atoms. The molecule has 6 nitrogen and oxygen atoms in total. The maximum absolute atomic E-state index is 12.7. The van der Waals surface area contributed by atoms with Gasteiger partial charge >= 0.3 is 7.12 Å². The predicted octanol–water partition coefficient (Wildman–Crippen LogP) is 1.97. The van der Waals surface area contributed by atoms with Crippen LogP contribution in [-0.4, -0.2) is 36.8 Å². The maximum Gasteiger partial charge on any atom is 0.526 e. The van der Waals surface area contributed by atoms with Gasteiger partial charge in [-0.3, -0.25) is 9.59 Å². The Morgan fingerprint density at radius 2 is 1.93 bits per heavy atom. The molecule has 1 saturated carbocycles. The van der Waals surface area contributed by atoms with Crippen molar-refractivity contribution in [2.24, 2.45) is 29.2 Å². The van der Waals surface area contributed by atoms with Crippen LogP contribution in [0.1, 0.15) is 54.9 Å². The van der Waals surface area contributed by atoms with E-state index < -0.39 is 7.12 Å². The molecule has 1 aromatic carbocycles. The zero-order chi connectivity index (χ0) is 20.3. The number of Topliss-reactive ketones (excluding diaryl/α,β-unsaturated/α-hetero) is 2. The van der Waals surface area contributed by atoms with Crippen LogP contribution in [0.4, 0.5) is 0 Å². The summed E-state index contributed by atoms with van der Waals surface area (Å²) in [4.78, 5) is 24.4. The molecule has 1 heterocycles. The van der Waals surface area contributed by atoms with E-state index in [0.717, 1.165) is 24.8 Å². The lowest BCUT2D eigenvalue weighted by atomic mass is 9.63. The molecule has 1 aliphatic heterocycles. The largest absolute Gasteiger partial charge is 0.535 e. The number of ketones is 2. The number of hydrogen-bond donors (Lipinski definition) is 3. The van der Waals surface area contributed by atoms with Gasteiger partial charge in [0, 0.05) is 18.7 Å². The second kappa shape index (κ2) is 9.20. The molecule has 0 radical (unpaired) electrons. The van der Waals surface area contributed by atoms with E-state index in [4.69, 9.17) is 16.1 Å². The van der Waals surface area contributed by atoms with Crippen molar-refractivity contribution >= 4 is 18.7 Å². The lowest BCUT2D eigenvalue weighted by Crippen LogP contribution is -2.37. The molecule has 3 rings (SSSR count). The summed E-state index contributed by atoms with van der Waals surface area (Å²) < 4.78 is 5.64. The average molecular weight is 386 g/mol. The van der Waals surface area contributed by atoms with Crippen molar-refractivity contribution in [1.29, 1.82) is 0 Å². The first-order chi connectivity index (χ1) is 13.4. The summed E-state index contributed by atoms with van der Waals surface area (Å²) in [5, 5.41) is 10.4. The number of para-hydroxylation sites is 1. The quantitative estimate of drug-likeness (QED) is 0.488. The Hall–Kier alpha value is -1.70. The number of fused-ring (bicyclic) bond motifs is 1. The third-order valence-electron chi connectivity index (χ3n) is 6.46. The number of benzene rings is 1. The fourth-order valence-electron chi connectivity index (χ4n) is 4.84. The van der Waals surface area contributed by atoms with Crippen molar-refractivity contribution < 1.29 is 19.3 Å². The number of carbonyl (C=O) groups is 2. The fourth-order valence-corrected chi connectivity index (χ4v) is 4.84. The summed E-state index contributed by atoms with van der Waals surface area (Å²) in [6.45, 7) is 2.77. The van der Waals surface area contributed by atoms with Gasteiger partial charge in [0.15, 0.2) is 5.78 Å².